The summed E-state index contributed by atoms with van der Waals surface area (Å²) in [4.78, 5) is 11.3. The molecule has 2 aromatic rings. The smallest absolute Gasteiger partial charge is 0.160 e. The number of hydrogen-bond donors (Lipinski definition) is 0. The predicted molar refractivity (Wildman–Crippen MR) is 58.8 cm³/mol. The van der Waals surface area contributed by atoms with Gasteiger partial charge in [0.1, 0.15) is 5.75 Å². The lowest BCUT2D eigenvalue weighted by Crippen LogP contribution is -1.81. The second-order valence-electron chi connectivity index (χ2n) is 2.76. The van der Waals surface area contributed by atoms with E-state index in [2.05, 4.69) is 0 Å². The predicted octanol–water partition coefficient (Wildman–Crippen LogP) is 3.38. The number of rotatable bonds is 2. The monoisotopic (exact) mass is 226 g/mol. The van der Waals surface area contributed by atoms with Gasteiger partial charge in [-0.1, -0.05) is 11.6 Å². The lowest BCUT2D eigenvalue weighted by atomic mass is 10.2. The van der Waals surface area contributed by atoms with E-state index in [1.54, 1.807) is 25.3 Å². The third kappa shape index (κ3) is 1.38. The van der Waals surface area contributed by atoms with Gasteiger partial charge < -0.3 is 4.74 Å². The largest absolute Gasteiger partial charge is 0.495 e. The van der Waals surface area contributed by atoms with E-state index >= 15 is 0 Å². The Bertz CT molecular complexity index is 490. The first-order valence-corrected chi connectivity index (χ1v) is 5.17. The van der Waals surface area contributed by atoms with Crippen LogP contribution >= 0.6 is 22.9 Å². The molecule has 0 N–H and O–H groups in total. The second-order valence-corrected chi connectivity index (χ2v) is 4.25. The molecule has 4 heteroatoms. The van der Waals surface area contributed by atoms with Gasteiger partial charge in [-0.2, -0.15) is 0 Å². The van der Waals surface area contributed by atoms with Crippen LogP contribution in [0.5, 0.6) is 5.75 Å². The summed E-state index contributed by atoms with van der Waals surface area (Å²) in [6.45, 7) is 0. The van der Waals surface area contributed by atoms with Gasteiger partial charge in [0.25, 0.3) is 0 Å². The molecular formula is C10H7ClO2S. The van der Waals surface area contributed by atoms with Crippen LogP contribution in [0.4, 0.5) is 0 Å². The number of hydrogen-bond acceptors (Lipinski definition) is 3. The van der Waals surface area contributed by atoms with Gasteiger partial charge in [-0.15, -0.1) is 11.3 Å². The molecule has 0 aliphatic heterocycles. The summed E-state index contributed by atoms with van der Waals surface area (Å²) < 4.78 is 6.09. The molecule has 0 bridgehead atoms. The number of aldehydes is 1. The van der Waals surface area contributed by atoms with Crippen molar-refractivity contribution in [3.8, 4) is 5.75 Å². The molecule has 0 fully saturated rings. The van der Waals surface area contributed by atoms with Crippen molar-refractivity contribution in [2.24, 2.45) is 0 Å². The Labute approximate surface area is 90.1 Å². The van der Waals surface area contributed by atoms with E-state index in [1.165, 1.54) is 11.3 Å². The van der Waals surface area contributed by atoms with Crippen molar-refractivity contribution in [3.05, 3.63) is 28.1 Å². The maximum absolute atomic E-state index is 10.6. The quantitative estimate of drug-likeness (QED) is 0.734. The van der Waals surface area contributed by atoms with Crippen LogP contribution < -0.4 is 4.74 Å². The van der Waals surface area contributed by atoms with Crippen molar-refractivity contribution in [2.75, 3.05) is 7.11 Å². The summed E-state index contributed by atoms with van der Waals surface area (Å²) in [7, 11) is 1.60. The minimum absolute atomic E-state index is 0.644. The topological polar surface area (TPSA) is 26.3 Å². The van der Waals surface area contributed by atoms with Crippen molar-refractivity contribution in [3.63, 3.8) is 0 Å². The lowest BCUT2D eigenvalue weighted by Gasteiger charge is -2.01. The number of thiophene rings is 1. The molecule has 0 saturated carbocycles. The van der Waals surface area contributed by atoms with Crippen LogP contribution in [0.1, 0.15) is 9.67 Å². The van der Waals surface area contributed by atoms with Gasteiger partial charge in [0.05, 0.1) is 16.7 Å². The summed E-state index contributed by atoms with van der Waals surface area (Å²) in [6.07, 6.45) is 0.820. The zero-order chi connectivity index (χ0) is 10.1. The van der Waals surface area contributed by atoms with E-state index in [0.717, 1.165) is 22.1 Å². The summed E-state index contributed by atoms with van der Waals surface area (Å²) in [6, 6.07) is 5.34. The number of carbonyl (C=O) groups is 1. The molecule has 0 aliphatic carbocycles. The molecule has 1 heterocycles. The Hall–Kier alpha value is -1.06. The minimum atomic E-state index is 0.644. The molecule has 0 amide bonds. The van der Waals surface area contributed by atoms with E-state index < -0.39 is 0 Å². The number of benzene rings is 1. The van der Waals surface area contributed by atoms with Crippen molar-refractivity contribution >= 4 is 39.3 Å². The van der Waals surface area contributed by atoms with Crippen LogP contribution in [0.2, 0.25) is 5.02 Å². The Morgan fingerprint density at radius 2 is 2.29 bits per heavy atom. The van der Waals surface area contributed by atoms with Crippen LogP contribution in [0.3, 0.4) is 0 Å². The first kappa shape index (κ1) is 9.49. The second kappa shape index (κ2) is 3.59. The number of halogens is 1. The molecule has 72 valence electrons. The van der Waals surface area contributed by atoms with Crippen molar-refractivity contribution in [2.45, 2.75) is 0 Å². The summed E-state index contributed by atoms with van der Waals surface area (Å²) in [5, 5.41) is 1.52. The SMILES string of the molecule is COc1ccc(Cl)c2cc(C=O)sc12. The summed E-state index contributed by atoms with van der Waals surface area (Å²) in [5.41, 5.74) is 0. The maximum atomic E-state index is 10.6. The molecule has 0 spiro atoms. The highest BCUT2D eigenvalue weighted by Gasteiger charge is 2.09. The van der Waals surface area contributed by atoms with Crippen LogP contribution in [0.25, 0.3) is 10.1 Å². The molecule has 0 aliphatic rings. The van der Waals surface area contributed by atoms with E-state index in [-0.39, 0.29) is 0 Å². The van der Waals surface area contributed by atoms with Crippen molar-refractivity contribution in [1.29, 1.82) is 0 Å². The molecule has 1 aromatic carbocycles. The number of fused-ring (bicyclic) bond motifs is 1. The number of carbonyl (C=O) groups excluding carboxylic acids is 1. The van der Waals surface area contributed by atoms with Gasteiger partial charge in [0.2, 0.25) is 0 Å². The van der Waals surface area contributed by atoms with Crippen molar-refractivity contribution in [1.82, 2.24) is 0 Å². The molecule has 0 saturated heterocycles. The minimum Gasteiger partial charge on any atom is -0.495 e. The zero-order valence-corrected chi connectivity index (χ0v) is 8.98. The van der Waals surface area contributed by atoms with Crippen LogP contribution in [0, 0.1) is 0 Å². The van der Waals surface area contributed by atoms with Crippen LogP contribution in [-0.2, 0) is 0 Å². The molecule has 0 unspecified atom stereocenters. The molecule has 2 rings (SSSR count). The molecule has 14 heavy (non-hydrogen) atoms. The normalized spacial score (nSPS) is 10.4. The van der Waals surface area contributed by atoms with Crippen LogP contribution in [0.15, 0.2) is 18.2 Å². The van der Waals surface area contributed by atoms with E-state index in [9.17, 15) is 4.79 Å². The standard InChI is InChI=1S/C10H7ClO2S/c1-13-9-3-2-8(11)7-4-6(5-12)14-10(7)9/h2-5H,1H3. The van der Waals surface area contributed by atoms with Gasteiger partial charge in [-0.05, 0) is 18.2 Å². The summed E-state index contributed by atoms with van der Waals surface area (Å²) >= 11 is 7.38. The highest BCUT2D eigenvalue weighted by molar-refractivity contribution is 7.21. The van der Waals surface area contributed by atoms with Gasteiger partial charge in [0, 0.05) is 10.4 Å². The Morgan fingerprint density at radius 1 is 1.50 bits per heavy atom. The first-order valence-electron chi connectivity index (χ1n) is 3.97. The Morgan fingerprint density at radius 3 is 2.93 bits per heavy atom. The third-order valence-electron chi connectivity index (χ3n) is 1.95. The highest BCUT2D eigenvalue weighted by Crippen LogP contribution is 2.37. The lowest BCUT2D eigenvalue weighted by molar-refractivity contribution is 0.112. The summed E-state index contributed by atoms with van der Waals surface area (Å²) in [5.74, 6) is 0.752. The average molecular weight is 227 g/mol. The fourth-order valence-corrected chi connectivity index (χ4v) is 2.56. The Kier molecular flexibility index (Phi) is 2.44. The number of ether oxygens (including phenoxy) is 1. The Balaban J connectivity index is 2.81. The average Bonchev–Trinajstić information content (AvgIpc) is 2.63. The van der Waals surface area contributed by atoms with Gasteiger partial charge in [-0.25, -0.2) is 0 Å². The molecule has 2 nitrogen and oxygen atoms in total. The van der Waals surface area contributed by atoms with Gasteiger partial charge >= 0.3 is 0 Å². The maximum Gasteiger partial charge on any atom is 0.160 e. The van der Waals surface area contributed by atoms with Gasteiger partial charge in [0.15, 0.2) is 6.29 Å². The zero-order valence-electron chi connectivity index (χ0n) is 7.41. The third-order valence-corrected chi connectivity index (χ3v) is 3.35. The van der Waals surface area contributed by atoms with Crippen molar-refractivity contribution < 1.29 is 9.53 Å². The molecular weight excluding hydrogens is 220 g/mol. The molecule has 0 atom stereocenters. The van der Waals surface area contributed by atoms with Crippen LogP contribution in [-0.4, -0.2) is 13.4 Å². The van der Waals surface area contributed by atoms with Gasteiger partial charge in [-0.3, -0.25) is 4.79 Å². The van der Waals surface area contributed by atoms with E-state index in [1.807, 2.05) is 0 Å². The number of methoxy groups -OCH3 is 1. The van der Waals surface area contributed by atoms with E-state index in [0.29, 0.717) is 9.90 Å². The molecule has 1 aromatic heterocycles. The fraction of sp³-hybridized carbons (Fsp3) is 0.100. The molecule has 0 radical (unpaired) electrons. The highest BCUT2D eigenvalue weighted by atomic mass is 35.5. The first-order chi connectivity index (χ1) is 6.76. The fourth-order valence-electron chi connectivity index (χ4n) is 1.30. The van der Waals surface area contributed by atoms with E-state index in [4.69, 9.17) is 16.3 Å².